The molecule has 0 radical (unpaired) electrons. The summed E-state index contributed by atoms with van der Waals surface area (Å²) in [6.07, 6.45) is 1.08. The van der Waals surface area contributed by atoms with Crippen LogP contribution in [0.2, 0.25) is 0 Å². The Balaban J connectivity index is 2.31. The zero-order valence-electron chi connectivity index (χ0n) is 10.5. The third kappa shape index (κ3) is 4.43. The lowest BCUT2D eigenvalue weighted by Gasteiger charge is -2.10. The van der Waals surface area contributed by atoms with Crippen molar-refractivity contribution >= 4 is 5.91 Å². The Labute approximate surface area is 101 Å². The lowest BCUT2D eigenvalue weighted by Crippen LogP contribution is -2.21. The molecule has 1 rings (SSSR count). The number of nitrogens with zero attached hydrogens (tertiary/aromatic N) is 1. The van der Waals surface area contributed by atoms with Crippen molar-refractivity contribution in [1.82, 2.24) is 4.90 Å². The molecule has 0 atom stereocenters. The smallest absolute Gasteiger partial charge is 0.222 e. The Hall–Kier alpha value is -1.58. The molecule has 0 saturated heterocycles. The molecule has 94 valence electrons. The molecule has 0 aliphatic heterocycles. The highest BCUT2D eigenvalue weighted by atomic mass is 19.1. The minimum absolute atomic E-state index is 0.0729. The van der Waals surface area contributed by atoms with E-state index >= 15 is 0 Å². The number of carbonyl (C=O) groups is 1. The van der Waals surface area contributed by atoms with Crippen LogP contribution in [0, 0.1) is 12.7 Å². The number of amides is 1. The van der Waals surface area contributed by atoms with E-state index in [4.69, 9.17) is 4.74 Å². The standard InChI is InChI=1S/C13H18FNO2/c1-10-6-7-11(9-12(10)14)17-8-4-5-13(16)15(2)3/h6-7,9H,4-5,8H2,1-3H3. The first-order chi connectivity index (χ1) is 8.00. The van der Waals surface area contributed by atoms with Crippen molar-refractivity contribution in [2.24, 2.45) is 0 Å². The van der Waals surface area contributed by atoms with Crippen molar-refractivity contribution in [2.75, 3.05) is 20.7 Å². The van der Waals surface area contributed by atoms with Gasteiger partial charge in [0.2, 0.25) is 5.91 Å². The van der Waals surface area contributed by atoms with Gasteiger partial charge in [0.25, 0.3) is 0 Å². The molecule has 17 heavy (non-hydrogen) atoms. The highest BCUT2D eigenvalue weighted by molar-refractivity contribution is 5.75. The van der Waals surface area contributed by atoms with E-state index in [1.54, 1.807) is 38.1 Å². The molecular weight excluding hydrogens is 221 g/mol. The summed E-state index contributed by atoms with van der Waals surface area (Å²) in [5.74, 6) is 0.306. The Kier molecular flexibility index (Phi) is 4.94. The minimum Gasteiger partial charge on any atom is -0.493 e. The van der Waals surface area contributed by atoms with Crippen molar-refractivity contribution in [2.45, 2.75) is 19.8 Å². The van der Waals surface area contributed by atoms with Gasteiger partial charge in [-0.3, -0.25) is 4.79 Å². The topological polar surface area (TPSA) is 29.5 Å². The zero-order valence-corrected chi connectivity index (χ0v) is 10.5. The minimum atomic E-state index is -0.271. The van der Waals surface area contributed by atoms with Crippen LogP contribution in [0.1, 0.15) is 18.4 Å². The summed E-state index contributed by atoms with van der Waals surface area (Å²) in [5, 5.41) is 0. The number of aryl methyl sites for hydroxylation is 1. The highest BCUT2D eigenvalue weighted by Gasteiger charge is 2.04. The summed E-state index contributed by atoms with van der Waals surface area (Å²) in [6.45, 7) is 2.12. The van der Waals surface area contributed by atoms with Gasteiger partial charge >= 0.3 is 0 Å². The van der Waals surface area contributed by atoms with Crippen LogP contribution < -0.4 is 4.74 Å². The lowest BCUT2D eigenvalue weighted by atomic mass is 10.2. The maximum absolute atomic E-state index is 13.2. The first-order valence-corrected chi connectivity index (χ1v) is 5.60. The second kappa shape index (κ2) is 6.23. The predicted molar refractivity (Wildman–Crippen MR) is 64.6 cm³/mol. The number of carbonyl (C=O) groups excluding carboxylic acids is 1. The quantitative estimate of drug-likeness (QED) is 0.738. The summed E-state index contributed by atoms with van der Waals surface area (Å²) >= 11 is 0. The number of rotatable bonds is 5. The van der Waals surface area contributed by atoms with Gasteiger partial charge in [-0.1, -0.05) is 6.07 Å². The Morgan fingerprint density at radius 1 is 1.41 bits per heavy atom. The van der Waals surface area contributed by atoms with E-state index < -0.39 is 0 Å². The van der Waals surface area contributed by atoms with Crippen LogP contribution in [-0.2, 0) is 4.79 Å². The highest BCUT2D eigenvalue weighted by Crippen LogP contribution is 2.16. The third-order valence-corrected chi connectivity index (χ3v) is 2.45. The third-order valence-electron chi connectivity index (χ3n) is 2.45. The molecule has 0 unspecified atom stereocenters. The van der Waals surface area contributed by atoms with Gasteiger partial charge in [-0.15, -0.1) is 0 Å². The van der Waals surface area contributed by atoms with Crippen LogP contribution in [0.3, 0.4) is 0 Å². The van der Waals surface area contributed by atoms with E-state index in [1.807, 2.05) is 0 Å². The van der Waals surface area contributed by atoms with Gasteiger partial charge in [0.15, 0.2) is 0 Å². The second-order valence-electron chi connectivity index (χ2n) is 4.15. The number of halogens is 1. The first kappa shape index (κ1) is 13.5. The molecule has 0 aliphatic carbocycles. The van der Waals surface area contributed by atoms with Crippen LogP contribution >= 0.6 is 0 Å². The monoisotopic (exact) mass is 239 g/mol. The summed E-state index contributed by atoms with van der Waals surface area (Å²) in [5.41, 5.74) is 0.597. The van der Waals surface area contributed by atoms with Crippen LogP contribution in [0.4, 0.5) is 4.39 Å². The van der Waals surface area contributed by atoms with Gasteiger partial charge in [-0.25, -0.2) is 4.39 Å². The van der Waals surface area contributed by atoms with Gasteiger partial charge in [0, 0.05) is 26.6 Å². The molecule has 1 aromatic carbocycles. The van der Waals surface area contributed by atoms with Crippen molar-refractivity contribution in [3.8, 4) is 5.75 Å². The Morgan fingerprint density at radius 2 is 2.12 bits per heavy atom. The molecule has 1 aromatic rings. The Bertz CT molecular complexity index is 391. The van der Waals surface area contributed by atoms with E-state index in [1.165, 1.54) is 6.07 Å². The van der Waals surface area contributed by atoms with Crippen LogP contribution in [0.5, 0.6) is 5.75 Å². The summed E-state index contributed by atoms with van der Waals surface area (Å²) < 4.78 is 18.5. The van der Waals surface area contributed by atoms with Crippen molar-refractivity contribution in [3.63, 3.8) is 0 Å². The van der Waals surface area contributed by atoms with Crippen LogP contribution in [0.25, 0.3) is 0 Å². The SMILES string of the molecule is Cc1ccc(OCCCC(=O)N(C)C)cc1F. The largest absolute Gasteiger partial charge is 0.493 e. The average molecular weight is 239 g/mol. The molecule has 0 saturated carbocycles. The fraction of sp³-hybridized carbons (Fsp3) is 0.462. The van der Waals surface area contributed by atoms with Gasteiger partial charge < -0.3 is 9.64 Å². The molecule has 0 fully saturated rings. The lowest BCUT2D eigenvalue weighted by molar-refractivity contribution is -0.128. The van der Waals surface area contributed by atoms with Crippen LogP contribution in [0.15, 0.2) is 18.2 Å². The maximum Gasteiger partial charge on any atom is 0.222 e. The molecule has 0 spiro atoms. The van der Waals surface area contributed by atoms with E-state index in [-0.39, 0.29) is 11.7 Å². The second-order valence-corrected chi connectivity index (χ2v) is 4.15. The summed E-state index contributed by atoms with van der Waals surface area (Å²) in [7, 11) is 3.44. The summed E-state index contributed by atoms with van der Waals surface area (Å²) in [6, 6.07) is 4.77. The molecule has 0 bridgehead atoms. The maximum atomic E-state index is 13.2. The van der Waals surface area contributed by atoms with Crippen molar-refractivity contribution < 1.29 is 13.9 Å². The molecule has 4 heteroatoms. The molecule has 0 aliphatic rings. The fourth-order valence-corrected chi connectivity index (χ4v) is 1.30. The van der Waals surface area contributed by atoms with Crippen molar-refractivity contribution in [3.05, 3.63) is 29.6 Å². The van der Waals surface area contributed by atoms with E-state index in [0.717, 1.165) is 0 Å². The molecule has 0 N–H and O–H groups in total. The van der Waals surface area contributed by atoms with Gasteiger partial charge in [0.1, 0.15) is 11.6 Å². The van der Waals surface area contributed by atoms with E-state index in [9.17, 15) is 9.18 Å². The summed E-state index contributed by atoms with van der Waals surface area (Å²) in [4.78, 5) is 12.8. The molecule has 0 heterocycles. The van der Waals surface area contributed by atoms with Crippen molar-refractivity contribution in [1.29, 1.82) is 0 Å². The number of benzene rings is 1. The average Bonchev–Trinajstić information content (AvgIpc) is 2.28. The Morgan fingerprint density at radius 3 is 2.71 bits per heavy atom. The molecular formula is C13H18FNO2. The van der Waals surface area contributed by atoms with E-state index in [2.05, 4.69) is 0 Å². The van der Waals surface area contributed by atoms with Crippen LogP contribution in [-0.4, -0.2) is 31.5 Å². The van der Waals surface area contributed by atoms with Gasteiger partial charge in [-0.2, -0.15) is 0 Å². The van der Waals surface area contributed by atoms with Gasteiger partial charge in [0.05, 0.1) is 6.61 Å². The normalized spacial score (nSPS) is 10.1. The first-order valence-electron chi connectivity index (χ1n) is 5.60. The number of hydrogen-bond acceptors (Lipinski definition) is 2. The molecule has 1 amide bonds. The number of ether oxygens (including phenoxy) is 1. The predicted octanol–water partition coefficient (Wildman–Crippen LogP) is 2.38. The van der Waals surface area contributed by atoms with Gasteiger partial charge in [-0.05, 0) is 25.0 Å². The molecule has 3 nitrogen and oxygen atoms in total. The number of hydrogen-bond donors (Lipinski definition) is 0. The van der Waals surface area contributed by atoms with E-state index in [0.29, 0.717) is 30.8 Å². The fourth-order valence-electron chi connectivity index (χ4n) is 1.30. The zero-order chi connectivity index (χ0) is 12.8. The molecule has 0 aromatic heterocycles.